The van der Waals surface area contributed by atoms with E-state index in [2.05, 4.69) is 0 Å². The van der Waals surface area contributed by atoms with Crippen molar-refractivity contribution in [2.24, 2.45) is 0 Å². The maximum Gasteiger partial charge on any atom is 0.189 e. The third kappa shape index (κ3) is 1.83. The summed E-state index contributed by atoms with van der Waals surface area (Å²) in [7, 11) is 0. The van der Waals surface area contributed by atoms with Gasteiger partial charge < -0.3 is 0 Å². The number of allylic oxidation sites excluding steroid dienone is 2. The molecule has 2 rings (SSSR count). The molecule has 1 aromatic rings. The molecule has 2 heteroatoms. The second kappa shape index (κ2) is 4.88. The quantitative estimate of drug-likeness (QED) is 0.665. The lowest BCUT2D eigenvalue weighted by atomic mass is 9.85. The fourth-order valence-electron chi connectivity index (χ4n) is 1.62. The van der Waals surface area contributed by atoms with Crippen LogP contribution in [0.2, 0.25) is 0 Å². The van der Waals surface area contributed by atoms with Crippen molar-refractivity contribution in [2.45, 2.75) is 27.7 Å². The molecule has 0 saturated heterocycles. The van der Waals surface area contributed by atoms with Crippen molar-refractivity contribution in [3.8, 4) is 0 Å². The minimum absolute atomic E-state index is 0.0299. The molecule has 0 amide bonds. The van der Waals surface area contributed by atoms with Crippen molar-refractivity contribution in [3.63, 3.8) is 0 Å². The first-order valence-electron chi connectivity index (χ1n) is 5.49. The average Bonchev–Trinajstić information content (AvgIpc) is 2.36. The van der Waals surface area contributed by atoms with E-state index in [0.29, 0.717) is 22.3 Å². The molecule has 0 N–H and O–H groups in total. The number of ketones is 2. The van der Waals surface area contributed by atoms with Crippen molar-refractivity contribution in [1.29, 1.82) is 0 Å². The summed E-state index contributed by atoms with van der Waals surface area (Å²) in [4.78, 5) is 23.5. The first-order chi connectivity index (χ1) is 7.63. The van der Waals surface area contributed by atoms with Gasteiger partial charge in [-0.05, 0) is 13.8 Å². The molecule has 1 aliphatic carbocycles. The summed E-state index contributed by atoms with van der Waals surface area (Å²) in [5.74, 6) is -0.0598. The smallest absolute Gasteiger partial charge is 0.189 e. The van der Waals surface area contributed by atoms with Crippen LogP contribution < -0.4 is 0 Å². The van der Waals surface area contributed by atoms with E-state index in [4.69, 9.17) is 0 Å². The van der Waals surface area contributed by atoms with Crippen molar-refractivity contribution in [3.05, 3.63) is 46.5 Å². The number of carbonyl (C=O) groups is 2. The summed E-state index contributed by atoms with van der Waals surface area (Å²) in [6.07, 6.45) is 0. The van der Waals surface area contributed by atoms with Gasteiger partial charge in [-0.25, -0.2) is 0 Å². The topological polar surface area (TPSA) is 34.1 Å². The Bertz CT molecular complexity index is 424. The van der Waals surface area contributed by atoms with Gasteiger partial charge in [-0.2, -0.15) is 0 Å². The molecule has 16 heavy (non-hydrogen) atoms. The third-order valence-corrected chi connectivity index (χ3v) is 2.66. The summed E-state index contributed by atoms with van der Waals surface area (Å²) < 4.78 is 0. The number of carbonyl (C=O) groups excluding carboxylic acids is 2. The van der Waals surface area contributed by atoms with E-state index >= 15 is 0 Å². The van der Waals surface area contributed by atoms with Gasteiger partial charge in [0.15, 0.2) is 11.6 Å². The highest BCUT2D eigenvalue weighted by molar-refractivity contribution is 6.26. The van der Waals surface area contributed by atoms with Crippen LogP contribution in [0.15, 0.2) is 35.4 Å². The maximum absolute atomic E-state index is 11.8. The lowest BCUT2D eigenvalue weighted by molar-refractivity contribution is 0.0975. The second-order valence-corrected chi connectivity index (χ2v) is 3.45. The van der Waals surface area contributed by atoms with E-state index in [9.17, 15) is 9.59 Å². The van der Waals surface area contributed by atoms with E-state index in [1.165, 1.54) is 0 Å². The van der Waals surface area contributed by atoms with Crippen molar-refractivity contribution in [1.82, 2.24) is 0 Å². The van der Waals surface area contributed by atoms with E-state index in [0.717, 1.165) is 0 Å². The van der Waals surface area contributed by atoms with Gasteiger partial charge in [-0.1, -0.05) is 38.1 Å². The first-order valence-corrected chi connectivity index (χ1v) is 5.49. The zero-order valence-corrected chi connectivity index (χ0v) is 10.1. The Kier molecular flexibility index (Phi) is 3.78. The minimum Gasteiger partial charge on any atom is -0.289 e. The van der Waals surface area contributed by atoms with Gasteiger partial charge >= 0.3 is 0 Å². The van der Waals surface area contributed by atoms with Crippen LogP contribution in [0.5, 0.6) is 0 Å². The van der Waals surface area contributed by atoms with Gasteiger partial charge in [0.05, 0.1) is 0 Å². The van der Waals surface area contributed by atoms with Gasteiger partial charge in [-0.15, -0.1) is 0 Å². The monoisotopic (exact) mass is 216 g/mol. The van der Waals surface area contributed by atoms with Crippen LogP contribution in [0.4, 0.5) is 0 Å². The Balaban J connectivity index is 0.000000606. The maximum atomic E-state index is 11.8. The third-order valence-electron chi connectivity index (χ3n) is 2.66. The predicted molar refractivity (Wildman–Crippen MR) is 64.8 cm³/mol. The summed E-state index contributed by atoms with van der Waals surface area (Å²) in [6.45, 7) is 7.40. The molecular formula is C14H16O2. The normalized spacial score (nSPS) is 14.2. The van der Waals surface area contributed by atoms with E-state index < -0.39 is 0 Å². The summed E-state index contributed by atoms with van der Waals surface area (Å²) in [6, 6.07) is 6.95. The van der Waals surface area contributed by atoms with Crippen LogP contribution in [0.1, 0.15) is 48.4 Å². The number of benzene rings is 1. The SMILES string of the molecule is CC.CC1=C(C)C(=O)c2ccccc2C1=O. The van der Waals surface area contributed by atoms with Crippen LogP contribution >= 0.6 is 0 Å². The molecule has 0 heterocycles. The minimum atomic E-state index is -0.0299. The molecule has 0 spiro atoms. The standard InChI is InChI=1S/C12H10O2.C2H6/c1-7-8(2)12(14)10-6-4-3-5-9(10)11(7)13;1-2/h3-6H,1-2H3;1-2H3. The predicted octanol–water partition coefficient (Wildman–Crippen LogP) is 3.43. The molecule has 84 valence electrons. The molecule has 1 aromatic carbocycles. The Morgan fingerprint density at radius 2 is 1.06 bits per heavy atom. The molecule has 1 aliphatic rings. The molecule has 0 saturated carbocycles. The molecule has 0 fully saturated rings. The molecule has 0 bridgehead atoms. The van der Waals surface area contributed by atoms with Crippen LogP contribution in [0, 0.1) is 0 Å². The zero-order valence-electron chi connectivity index (χ0n) is 10.1. The lowest BCUT2D eigenvalue weighted by Gasteiger charge is -2.15. The number of rotatable bonds is 0. The van der Waals surface area contributed by atoms with Crippen LogP contribution in [-0.2, 0) is 0 Å². The highest BCUT2D eigenvalue weighted by Crippen LogP contribution is 2.25. The average molecular weight is 216 g/mol. The van der Waals surface area contributed by atoms with E-state index in [1.807, 2.05) is 13.8 Å². The molecule has 0 radical (unpaired) electrons. The zero-order chi connectivity index (χ0) is 12.3. The summed E-state index contributed by atoms with van der Waals surface area (Å²) >= 11 is 0. The fraction of sp³-hybridized carbons (Fsp3) is 0.286. The van der Waals surface area contributed by atoms with Crippen molar-refractivity contribution >= 4 is 11.6 Å². The Hall–Kier alpha value is -1.70. The first kappa shape index (κ1) is 12.4. The van der Waals surface area contributed by atoms with Crippen LogP contribution in [0.3, 0.4) is 0 Å². The number of fused-ring (bicyclic) bond motifs is 1. The van der Waals surface area contributed by atoms with Crippen molar-refractivity contribution in [2.75, 3.05) is 0 Å². The number of Topliss-reactive ketones (excluding diaryl/α,β-unsaturated/α-hetero) is 2. The highest BCUT2D eigenvalue weighted by atomic mass is 16.1. The number of hydrogen-bond donors (Lipinski definition) is 0. The second-order valence-electron chi connectivity index (χ2n) is 3.45. The van der Waals surface area contributed by atoms with Gasteiger partial charge in [0.1, 0.15) is 0 Å². The lowest BCUT2D eigenvalue weighted by Crippen LogP contribution is -2.19. The van der Waals surface area contributed by atoms with Crippen LogP contribution in [-0.4, -0.2) is 11.6 Å². The Morgan fingerprint density at radius 1 is 0.750 bits per heavy atom. The molecule has 2 nitrogen and oxygen atoms in total. The van der Waals surface area contributed by atoms with Gasteiger partial charge in [0, 0.05) is 22.3 Å². The van der Waals surface area contributed by atoms with E-state index in [-0.39, 0.29) is 11.6 Å². The van der Waals surface area contributed by atoms with E-state index in [1.54, 1.807) is 38.1 Å². The summed E-state index contributed by atoms with van der Waals surface area (Å²) in [5, 5.41) is 0. The molecular weight excluding hydrogens is 200 g/mol. The van der Waals surface area contributed by atoms with Gasteiger partial charge in [0.2, 0.25) is 0 Å². The number of hydrogen-bond acceptors (Lipinski definition) is 2. The van der Waals surface area contributed by atoms with Gasteiger partial charge in [0.25, 0.3) is 0 Å². The Morgan fingerprint density at radius 3 is 1.38 bits per heavy atom. The largest absolute Gasteiger partial charge is 0.289 e. The highest BCUT2D eigenvalue weighted by Gasteiger charge is 2.26. The van der Waals surface area contributed by atoms with Gasteiger partial charge in [-0.3, -0.25) is 9.59 Å². The van der Waals surface area contributed by atoms with Crippen LogP contribution in [0.25, 0.3) is 0 Å². The molecule has 0 unspecified atom stereocenters. The fourth-order valence-corrected chi connectivity index (χ4v) is 1.62. The molecule has 0 aliphatic heterocycles. The summed E-state index contributed by atoms with van der Waals surface area (Å²) in [5.41, 5.74) is 2.18. The molecule has 0 aromatic heterocycles. The molecule has 0 atom stereocenters. The van der Waals surface area contributed by atoms with Crippen molar-refractivity contribution < 1.29 is 9.59 Å². The Labute approximate surface area is 96.0 Å².